The van der Waals surface area contributed by atoms with E-state index < -0.39 is 0 Å². The highest BCUT2D eigenvalue weighted by Gasteiger charge is 2.16. The highest BCUT2D eigenvalue weighted by molar-refractivity contribution is 5.84. The quantitative estimate of drug-likeness (QED) is 0.787. The lowest BCUT2D eigenvalue weighted by Gasteiger charge is -2.19. The van der Waals surface area contributed by atoms with Crippen molar-refractivity contribution in [1.29, 1.82) is 0 Å². The molecule has 0 aromatic carbocycles. The van der Waals surface area contributed by atoms with Crippen molar-refractivity contribution in [2.75, 3.05) is 11.9 Å². The molecule has 1 heterocycles. The standard InChI is InChI=1S/C13H20N4O/c1-6-7-14-12(18)10(2)16-11-8-15-17(9-11)13(3,4)5/h1,8-10,16H,7H2,2-5H3,(H,14,18)/t10-/m1/s1. The third-order valence-electron chi connectivity index (χ3n) is 2.41. The van der Waals surface area contributed by atoms with Gasteiger partial charge < -0.3 is 10.6 Å². The first-order valence-electron chi connectivity index (χ1n) is 5.87. The molecule has 0 radical (unpaired) electrons. The van der Waals surface area contributed by atoms with Gasteiger partial charge in [-0.3, -0.25) is 9.48 Å². The van der Waals surface area contributed by atoms with E-state index in [2.05, 4.69) is 42.4 Å². The molecule has 5 nitrogen and oxygen atoms in total. The zero-order chi connectivity index (χ0) is 13.8. The number of hydrogen-bond donors (Lipinski definition) is 2. The molecule has 0 saturated carbocycles. The average Bonchev–Trinajstić information content (AvgIpc) is 2.73. The number of aromatic nitrogens is 2. The van der Waals surface area contributed by atoms with Crippen LogP contribution in [-0.4, -0.2) is 28.3 Å². The zero-order valence-corrected chi connectivity index (χ0v) is 11.3. The summed E-state index contributed by atoms with van der Waals surface area (Å²) in [6.07, 6.45) is 8.67. The van der Waals surface area contributed by atoms with Crippen molar-refractivity contribution in [1.82, 2.24) is 15.1 Å². The van der Waals surface area contributed by atoms with Crippen molar-refractivity contribution in [2.24, 2.45) is 0 Å². The lowest BCUT2D eigenvalue weighted by molar-refractivity contribution is -0.121. The molecule has 1 aromatic heterocycles. The molecule has 1 amide bonds. The lowest BCUT2D eigenvalue weighted by atomic mass is 10.1. The van der Waals surface area contributed by atoms with Crippen LogP contribution in [0.1, 0.15) is 27.7 Å². The topological polar surface area (TPSA) is 59.0 Å². The van der Waals surface area contributed by atoms with Crippen LogP contribution in [0.3, 0.4) is 0 Å². The average molecular weight is 248 g/mol. The van der Waals surface area contributed by atoms with Gasteiger partial charge in [0.2, 0.25) is 5.91 Å². The minimum absolute atomic E-state index is 0.0745. The third kappa shape index (κ3) is 3.81. The molecule has 18 heavy (non-hydrogen) atoms. The Morgan fingerprint density at radius 3 is 2.78 bits per heavy atom. The molecule has 98 valence electrons. The molecule has 1 aromatic rings. The molecule has 0 saturated heterocycles. The van der Waals surface area contributed by atoms with E-state index in [0.717, 1.165) is 5.69 Å². The summed E-state index contributed by atoms with van der Waals surface area (Å²) < 4.78 is 1.85. The molecule has 1 rings (SSSR count). The van der Waals surface area contributed by atoms with E-state index in [9.17, 15) is 4.79 Å². The van der Waals surface area contributed by atoms with Crippen molar-refractivity contribution >= 4 is 11.6 Å². The van der Waals surface area contributed by atoms with E-state index >= 15 is 0 Å². The number of rotatable bonds is 4. The Bertz CT molecular complexity index is 450. The van der Waals surface area contributed by atoms with Crippen LogP contribution in [0, 0.1) is 12.3 Å². The van der Waals surface area contributed by atoms with Gasteiger partial charge in [-0.15, -0.1) is 6.42 Å². The van der Waals surface area contributed by atoms with E-state index in [0.29, 0.717) is 0 Å². The predicted octanol–water partition coefficient (Wildman–Crippen LogP) is 1.19. The zero-order valence-electron chi connectivity index (χ0n) is 11.3. The molecule has 0 unspecified atom stereocenters. The summed E-state index contributed by atoms with van der Waals surface area (Å²) in [4.78, 5) is 11.6. The maximum Gasteiger partial charge on any atom is 0.242 e. The van der Waals surface area contributed by atoms with Gasteiger partial charge in [-0.1, -0.05) is 5.92 Å². The Labute approximate surface area is 108 Å². The van der Waals surface area contributed by atoms with Crippen LogP contribution in [0.4, 0.5) is 5.69 Å². The summed E-state index contributed by atoms with van der Waals surface area (Å²) >= 11 is 0. The summed E-state index contributed by atoms with van der Waals surface area (Å²) in [7, 11) is 0. The van der Waals surface area contributed by atoms with Gasteiger partial charge in [0.1, 0.15) is 6.04 Å². The fraction of sp³-hybridized carbons (Fsp3) is 0.538. The Hall–Kier alpha value is -1.96. The van der Waals surface area contributed by atoms with Crippen LogP contribution in [0.15, 0.2) is 12.4 Å². The summed E-state index contributed by atoms with van der Waals surface area (Å²) in [5.74, 6) is 2.24. The van der Waals surface area contributed by atoms with Gasteiger partial charge in [-0.2, -0.15) is 5.10 Å². The monoisotopic (exact) mass is 248 g/mol. The fourth-order valence-electron chi connectivity index (χ4n) is 1.37. The molecule has 0 aliphatic carbocycles. The van der Waals surface area contributed by atoms with Gasteiger partial charge in [0.25, 0.3) is 0 Å². The van der Waals surface area contributed by atoms with Gasteiger partial charge in [0.05, 0.1) is 24.0 Å². The van der Waals surface area contributed by atoms with Crippen molar-refractivity contribution in [3.05, 3.63) is 12.4 Å². The van der Waals surface area contributed by atoms with Crippen LogP contribution >= 0.6 is 0 Å². The van der Waals surface area contributed by atoms with Gasteiger partial charge >= 0.3 is 0 Å². The second-order valence-electron chi connectivity index (χ2n) is 5.13. The number of terminal acetylenes is 1. The number of nitrogens with one attached hydrogen (secondary N) is 2. The summed E-state index contributed by atoms with van der Waals surface area (Å²) in [6.45, 7) is 8.21. The molecule has 5 heteroatoms. The van der Waals surface area contributed by atoms with Crippen LogP contribution in [-0.2, 0) is 10.3 Å². The minimum atomic E-state index is -0.351. The van der Waals surface area contributed by atoms with Gasteiger partial charge in [0.15, 0.2) is 0 Å². The van der Waals surface area contributed by atoms with Crippen molar-refractivity contribution < 1.29 is 4.79 Å². The van der Waals surface area contributed by atoms with Gasteiger partial charge in [0, 0.05) is 6.20 Å². The largest absolute Gasteiger partial charge is 0.371 e. The normalized spacial score (nSPS) is 12.6. The van der Waals surface area contributed by atoms with Gasteiger partial charge in [-0.25, -0.2) is 0 Å². The van der Waals surface area contributed by atoms with E-state index in [1.807, 2.05) is 10.9 Å². The number of carbonyl (C=O) groups excluding carboxylic acids is 1. The van der Waals surface area contributed by atoms with Crippen LogP contribution < -0.4 is 10.6 Å². The number of nitrogens with zero attached hydrogens (tertiary/aromatic N) is 2. The highest BCUT2D eigenvalue weighted by Crippen LogP contribution is 2.16. The van der Waals surface area contributed by atoms with Crippen molar-refractivity contribution in [2.45, 2.75) is 39.3 Å². The van der Waals surface area contributed by atoms with E-state index in [1.54, 1.807) is 13.1 Å². The van der Waals surface area contributed by atoms with Crippen LogP contribution in [0.5, 0.6) is 0 Å². The molecule has 0 bridgehead atoms. The first kappa shape index (κ1) is 14.1. The maximum atomic E-state index is 11.6. The first-order valence-corrected chi connectivity index (χ1v) is 5.87. The molecule has 0 aliphatic rings. The minimum Gasteiger partial charge on any atom is -0.371 e. The Morgan fingerprint density at radius 2 is 2.28 bits per heavy atom. The second kappa shape index (κ2) is 5.58. The van der Waals surface area contributed by atoms with Gasteiger partial charge in [-0.05, 0) is 27.7 Å². The maximum absolute atomic E-state index is 11.6. The van der Waals surface area contributed by atoms with Crippen molar-refractivity contribution in [3.63, 3.8) is 0 Å². The molecule has 0 spiro atoms. The highest BCUT2D eigenvalue weighted by atomic mass is 16.2. The van der Waals surface area contributed by atoms with E-state index in [4.69, 9.17) is 6.42 Å². The van der Waals surface area contributed by atoms with Crippen LogP contribution in [0.2, 0.25) is 0 Å². The molecular weight excluding hydrogens is 228 g/mol. The summed E-state index contributed by atoms with van der Waals surface area (Å²) in [5, 5.41) is 9.96. The Kier molecular flexibility index (Phi) is 4.38. The first-order chi connectivity index (χ1) is 8.34. The van der Waals surface area contributed by atoms with E-state index in [-0.39, 0.29) is 24.0 Å². The smallest absolute Gasteiger partial charge is 0.242 e. The molecule has 0 aliphatic heterocycles. The Morgan fingerprint density at radius 1 is 1.61 bits per heavy atom. The SMILES string of the molecule is C#CCNC(=O)[C@@H](C)Nc1cnn(C(C)(C)C)c1. The van der Waals surface area contributed by atoms with E-state index in [1.165, 1.54) is 0 Å². The second-order valence-corrected chi connectivity index (χ2v) is 5.13. The lowest BCUT2D eigenvalue weighted by Crippen LogP contribution is -2.37. The number of amides is 1. The number of hydrogen-bond acceptors (Lipinski definition) is 3. The predicted molar refractivity (Wildman–Crippen MR) is 72.2 cm³/mol. The number of carbonyl (C=O) groups is 1. The van der Waals surface area contributed by atoms with Crippen LogP contribution in [0.25, 0.3) is 0 Å². The molecular formula is C13H20N4O. The summed E-state index contributed by atoms with van der Waals surface area (Å²) in [5.41, 5.74) is 0.739. The molecule has 1 atom stereocenters. The summed E-state index contributed by atoms with van der Waals surface area (Å²) in [6, 6.07) is -0.351. The number of anilines is 1. The third-order valence-corrected chi connectivity index (χ3v) is 2.41. The molecule has 2 N–H and O–H groups in total. The molecule has 0 fully saturated rings. The Balaban J connectivity index is 2.60. The fourth-order valence-corrected chi connectivity index (χ4v) is 1.37. The van der Waals surface area contributed by atoms with Crippen molar-refractivity contribution in [3.8, 4) is 12.3 Å².